The highest BCUT2D eigenvalue weighted by atomic mass is 16.5. The smallest absolute Gasteiger partial charge is 0.254 e. The number of amides is 2. The molecule has 0 atom stereocenters. The Morgan fingerprint density at radius 3 is 2.07 bits per heavy atom. The van der Waals surface area contributed by atoms with Crippen molar-refractivity contribution in [3.05, 3.63) is 58.7 Å². The molecule has 2 aromatic rings. The summed E-state index contributed by atoms with van der Waals surface area (Å²) in [7, 11) is 3.19. The molecule has 2 aromatic carbocycles. The van der Waals surface area contributed by atoms with Crippen LogP contribution in [-0.2, 0) is 6.54 Å². The van der Waals surface area contributed by atoms with Crippen LogP contribution in [0.25, 0.3) is 0 Å². The van der Waals surface area contributed by atoms with Crippen molar-refractivity contribution in [3.63, 3.8) is 0 Å². The van der Waals surface area contributed by atoms with Crippen molar-refractivity contribution in [1.29, 1.82) is 0 Å². The van der Waals surface area contributed by atoms with E-state index in [-0.39, 0.29) is 17.9 Å². The molecule has 0 bridgehead atoms. The molecule has 2 aliphatic carbocycles. The highest BCUT2D eigenvalue weighted by molar-refractivity contribution is 5.96. The molecule has 2 amide bonds. The molecule has 158 valence electrons. The van der Waals surface area contributed by atoms with Gasteiger partial charge < -0.3 is 19.7 Å². The number of benzene rings is 2. The van der Waals surface area contributed by atoms with Gasteiger partial charge in [0, 0.05) is 35.3 Å². The summed E-state index contributed by atoms with van der Waals surface area (Å²) in [5, 5.41) is 3.00. The fraction of sp³-hybridized carbons (Fsp3) is 0.417. The molecule has 0 saturated heterocycles. The van der Waals surface area contributed by atoms with Crippen molar-refractivity contribution in [2.45, 2.75) is 51.2 Å². The zero-order valence-corrected chi connectivity index (χ0v) is 17.7. The van der Waals surface area contributed by atoms with E-state index in [0.717, 1.165) is 36.8 Å². The van der Waals surface area contributed by atoms with Gasteiger partial charge in [-0.1, -0.05) is 12.1 Å². The third-order valence-corrected chi connectivity index (χ3v) is 5.73. The van der Waals surface area contributed by atoms with E-state index in [2.05, 4.69) is 5.32 Å². The van der Waals surface area contributed by atoms with Crippen LogP contribution < -0.4 is 14.8 Å². The van der Waals surface area contributed by atoms with E-state index in [1.54, 1.807) is 26.4 Å². The highest BCUT2D eigenvalue weighted by Gasteiger charge is 2.33. The van der Waals surface area contributed by atoms with Crippen LogP contribution in [0.2, 0.25) is 0 Å². The van der Waals surface area contributed by atoms with Gasteiger partial charge in [-0.25, -0.2) is 0 Å². The second-order valence-corrected chi connectivity index (χ2v) is 8.11. The molecule has 2 aliphatic rings. The summed E-state index contributed by atoms with van der Waals surface area (Å²) in [6.07, 6.45) is 4.15. The number of ether oxygens (including phenoxy) is 2. The number of methoxy groups -OCH3 is 2. The number of nitrogens with one attached hydrogen (secondary N) is 1. The van der Waals surface area contributed by atoms with Gasteiger partial charge in [0.25, 0.3) is 11.8 Å². The first kappa shape index (κ1) is 20.3. The molecule has 6 heteroatoms. The normalized spacial score (nSPS) is 15.4. The van der Waals surface area contributed by atoms with Gasteiger partial charge in [0.2, 0.25) is 0 Å². The Bertz CT molecular complexity index is 921. The molecule has 0 radical (unpaired) electrons. The van der Waals surface area contributed by atoms with Gasteiger partial charge in [0.1, 0.15) is 11.5 Å². The van der Waals surface area contributed by atoms with Crippen LogP contribution in [-0.4, -0.2) is 43.0 Å². The Hall–Kier alpha value is -3.02. The minimum Gasteiger partial charge on any atom is -0.496 e. The van der Waals surface area contributed by atoms with E-state index in [1.165, 1.54) is 0 Å². The molecule has 2 fully saturated rings. The van der Waals surface area contributed by atoms with Gasteiger partial charge in [-0.15, -0.1) is 0 Å². The Balaban J connectivity index is 1.51. The van der Waals surface area contributed by atoms with E-state index in [4.69, 9.17) is 9.47 Å². The monoisotopic (exact) mass is 408 g/mol. The first-order chi connectivity index (χ1) is 14.5. The van der Waals surface area contributed by atoms with E-state index in [0.29, 0.717) is 35.2 Å². The summed E-state index contributed by atoms with van der Waals surface area (Å²) in [6.45, 7) is 2.41. The largest absolute Gasteiger partial charge is 0.496 e. The van der Waals surface area contributed by atoms with E-state index >= 15 is 0 Å². The van der Waals surface area contributed by atoms with Crippen LogP contribution in [0.3, 0.4) is 0 Å². The van der Waals surface area contributed by atoms with Gasteiger partial charge in [-0.2, -0.15) is 0 Å². The molecular formula is C24H28N2O4. The lowest BCUT2D eigenvalue weighted by Crippen LogP contribution is -2.32. The summed E-state index contributed by atoms with van der Waals surface area (Å²) >= 11 is 0. The van der Waals surface area contributed by atoms with Crippen LogP contribution in [0, 0.1) is 6.92 Å². The molecule has 6 nitrogen and oxygen atoms in total. The van der Waals surface area contributed by atoms with Gasteiger partial charge in [-0.3, -0.25) is 9.59 Å². The van der Waals surface area contributed by atoms with Crippen molar-refractivity contribution in [2.75, 3.05) is 14.2 Å². The van der Waals surface area contributed by atoms with Crippen LogP contribution >= 0.6 is 0 Å². The average Bonchev–Trinajstić information content (AvgIpc) is 3.67. The van der Waals surface area contributed by atoms with Gasteiger partial charge >= 0.3 is 0 Å². The summed E-state index contributed by atoms with van der Waals surface area (Å²) in [6, 6.07) is 11.7. The number of nitrogens with zero attached hydrogens (tertiary/aromatic N) is 1. The van der Waals surface area contributed by atoms with Crippen LogP contribution in [0.5, 0.6) is 11.5 Å². The van der Waals surface area contributed by atoms with E-state index < -0.39 is 0 Å². The zero-order chi connectivity index (χ0) is 21.3. The molecule has 0 aliphatic heterocycles. The van der Waals surface area contributed by atoms with Gasteiger partial charge in [0.05, 0.1) is 14.2 Å². The fourth-order valence-electron chi connectivity index (χ4n) is 3.58. The lowest BCUT2D eigenvalue weighted by Gasteiger charge is -2.24. The highest BCUT2D eigenvalue weighted by Crippen LogP contribution is 2.34. The van der Waals surface area contributed by atoms with Gasteiger partial charge in [-0.05, 0) is 62.4 Å². The molecule has 4 rings (SSSR count). The lowest BCUT2D eigenvalue weighted by molar-refractivity contribution is 0.0728. The third kappa shape index (κ3) is 4.42. The van der Waals surface area contributed by atoms with Crippen molar-refractivity contribution in [3.8, 4) is 11.5 Å². The quantitative estimate of drug-likeness (QED) is 0.723. The Kier molecular flexibility index (Phi) is 5.66. The van der Waals surface area contributed by atoms with E-state index in [1.807, 2.05) is 36.1 Å². The summed E-state index contributed by atoms with van der Waals surface area (Å²) in [5.41, 5.74) is 3.09. The number of hydrogen-bond acceptors (Lipinski definition) is 4. The average molecular weight is 408 g/mol. The first-order valence-electron chi connectivity index (χ1n) is 10.4. The minimum absolute atomic E-state index is 0.0296. The molecular weight excluding hydrogens is 380 g/mol. The topological polar surface area (TPSA) is 67.9 Å². The number of rotatable bonds is 8. The molecule has 30 heavy (non-hydrogen) atoms. The van der Waals surface area contributed by atoms with Crippen LogP contribution in [0.15, 0.2) is 36.4 Å². The minimum atomic E-state index is -0.0374. The van der Waals surface area contributed by atoms with Crippen molar-refractivity contribution < 1.29 is 19.1 Å². The second kappa shape index (κ2) is 8.38. The third-order valence-electron chi connectivity index (χ3n) is 5.73. The van der Waals surface area contributed by atoms with Crippen LogP contribution in [0.1, 0.15) is 57.5 Å². The Morgan fingerprint density at radius 1 is 0.967 bits per heavy atom. The standard InChI is InChI=1S/C24H28N2O4/c1-15-21(29-2)12-18(13-22(15)30-3)24(28)26(20-10-11-20)14-16-4-6-17(7-5-16)23(27)25-19-8-9-19/h4-7,12-13,19-20H,8-11,14H2,1-3H3,(H,25,27). The molecule has 1 N–H and O–H groups in total. The molecule has 0 heterocycles. The number of carbonyl (C=O) groups excluding carboxylic acids is 2. The Labute approximate surface area is 177 Å². The maximum atomic E-state index is 13.3. The van der Waals surface area contributed by atoms with E-state index in [9.17, 15) is 9.59 Å². The molecule has 0 aromatic heterocycles. The molecule has 0 unspecified atom stereocenters. The number of hydrogen-bond donors (Lipinski definition) is 1. The molecule has 2 saturated carbocycles. The SMILES string of the molecule is COc1cc(C(=O)N(Cc2ccc(C(=O)NC3CC3)cc2)C2CC2)cc(OC)c1C. The van der Waals surface area contributed by atoms with Gasteiger partial charge in [0.15, 0.2) is 0 Å². The predicted octanol–water partition coefficient (Wildman–Crippen LogP) is 3.71. The summed E-state index contributed by atoms with van der Waals surface area (Å²) < 4.78 is 10.9. The van der Waals surface area contributed by atoms with Crippen LogP contribution in [0.4, 0.5) is 0 Å². The first-order valence-corrected chi connectivity index (χ1v) is 10.4. The fourth-order valence-corrected chi connectivity index (χ4v) is 3.58. The second-order valence-electron chi connectivity index (χ2n) is 8.11. The lowest BCUT2D eigenvalue weighted by atomic mass is 10.1. The maximum absolute atomic E-state index is 13.3. The Morgan fingerprint density at radius 2 is 1.57 bits per heavy atom. The maximum Gasteiger partial charge on any atom is 0.254 e. The predicted molar refractivity (Wildman–Crippen MR) is 114 cm³/mol. The number of carbonyl (C=O) groups is 2. The van der Waals surface area contributed by atoms with Crippen molar-refractivity contribution in [2.24, 2.45) is 0 Å². The van der Waals surface area contributed by atoms with Crippen molar-refractivity contribution >= 4 is 11.8 Å². The summed E-state index contributed by atoms with van der Waals surface area (Å²) in [5.74, 6) is 1.21. The zero-order valence-electron chi connectivity index (χ0n) is 17.7. The van der Waals surface area contributed by atoms with Crippen molar-refractivity contribution in [1.82, 2.24) is 10.2 Å². The summed E-state index contributed by atoms with van der Waals surface area (Å²) in [4.78, 5) is 27.4. The molecule has 0 spiro atoms.